The van der Waals surface area contributed by atoms with Gasteiger partial charge in [-0.25, -0.2) is 14.6 Å². The Morgan fingerprint density at radius 2 is 1.83 bits per heavy atom. The fourth-order valence-corrected chi connectivity index (χ4v) is 4.62. The Morgan fingerprint density at radius 1 is 1.17 bits per heavy atom. The van der Waals surface area contributed by atoms with E-state index in [1.807, 2.05) is 18.2 Å². The Morgan fingerprint density at radius 3 is 2.47 bits per heavy atom. The maximum absolute atomic E-state index is 12.7. The van der Waals surface area contributed by atoms with Crippen molar-refractivity contribution >= 4 is 51.2 Å². The molecule has 0 aliphatic rings. The number of aryl methyl sites for hydroxylation is 1. The van der Waals surface area contributed by atoms with E-state index in [2.05, 4.69) is 4.98 Å². The molecule has 0 atom stereocenters. The summed E-state index contributed by atoms with van der Waals surface area (Å²) in [6.45, 7) is 3.27. The van der Waals surface area contributed by atoms with Gasteiger partial charge in [-0.1, -0.05) is 23.7 Å². The molecule has 2 heterocycles. The van der Waals surface area contributed by atoms with Crippen molar-refractivity contribution in [1.82, 2.24) is 4.98 Å². The average Bonchev–Trinajstić information content (AvgIpc) is 3.26. The molecule has 0 fully saturated rings. The van der Waals surface area contributed by atoms with Crippen molar-refractivity contribution in [1.29, 1.82) is 5.26 Å². The number of esters is 2. The highest BCUT2D eigenvalue weighted by molar-refractivity contribution is 7.18. The van der Waals surface area contributed by atoms with Gasteiger partial charge in [0.2, 0.25) is 0 Å². The number of benzene rings is 1. The number of nitrogen functional groups attached to an aromatic ring is 1. The van der Waals surface area contributed by atoms with Crippen molar-refractivity contribution < 1.29 is 19.1 Å². The summed E-state index contributed by atoms with van der Waals surface area (Å²) in [5, 5.41) is 10.8. The Hall–Kier alpha value is -2.93. The molecule has 3 aromatic rings. The summed E-state index contributed by atoms with van der Waals surface area (Å²) in [4.78, 5) is 29.7. The third kappa shape index (κ3) is 4.46. The van der Waals surface area contributed by atoms with Gasteiger partial charge in [0.15, 0.2) is 0 Å². The minimum Gasteiger partial charge on any atom is -0.462 e. The zero-order valence-electron chi connectivity index (χ0n) is 16.0. The van der Waals surface area contributed by atoms with E-state index in [9.17, 15) is 14.9 Å². The second-order valence-corrected chi connectivity index (χ2v) is 8.49. The summed E-state index contributed by atoms with van der Waals surface area (Å²) in [6.07, 6.45) is 0. The summed E-state index contributed by atoms with van der Waals surface area (Å²) in [5.41, 5.74) is 7.54. The van der Waals surface area contributed by atoms with Gasteiger partial charge in [-0.3, -0.25) is 0 Å². The average molecular weight is 462 g/mol. The molecule has 3 rings (SSSR count). The van der Waals surface area contributed by atoms with Gasteiger partial charge in [-0.2, -0.15) is 5.26 Å². The third-order valence-corrected chi connectivity index (χ3v) is 6.51. The van der Waals surface area contributed by atoms with Gasteiger partial charge in [0.25, 0.3) is 0 Å². The number of hydrogen-bond donors (Lipinski definition) is 1. The highest BCUT2D eigenvalue weighted by Crippen LogP contribution is 2.33. The van der Waals surface area contributed by atoms with Crippen LogP contribution in [0.4, 0.5) is 5.00 Å². The number of ether oxygens (including phenoxy) is 2. The van der Waals surface area contributed by atoms with Crippen molar-refractivity contribution in [3.8, 4) is 16.6 Å². The van der Waals surface area contributed by atoms with Crippen molar-refractivity contribution in [2.75, 3.05) is 12.3 Å². The summed E-state index contributed by atoms with van der Waals surface area (Å²) in [6, 6.07) is 9.07. The van der Waals surface area contributed by atoms with E-state index in [0.29, 0.717) is 20.6 Å². The largest absolute Gasteiger partial charge is 0.462 e. The Balaban J connectivity index is 1.82. The molecular formula is C20H16ClN3O4S2. The minimum atomic E-state index is -0.610. The van der Waals surface area contributed by atoms with E-state index in [4.69, 9.17) is 26.8 Å². The molecule has 0 aliphatic carbocycles. The van der Waals surface area contributed by atoms with E-state index < -0.39 is 11.9 Å². The fourth-order valence-electron chi connectivity index (χ4n) is 2.61. The lowest BCUT2D eigenvalue weighted by Crippen LogP contribution is -2.10. The van der Waals surface area contributed by atoms with Crippen LogP contribution in [-0.4, -0.2) is 23.5 Å². The smallest absolute Gasteiger partial charge is 0.350 e. The number of rotatable bonds is 6. The number of aromatic nitrogens is 1. The molecule has 0 spiro atoms. The SMILES string of the molecule is CCOC(=O)c1sc(N)c(C#N)c1COC(=O)c1sc(-c2ccc(Cl)cc2)nc1C. The van der Waals surface area contributed by atoms with Crippen molar-refractivity contribution in [3.63, 3.8) is 0 Å². The number of nitriles is 1. The molecule has 0 unspecified atom stereocenters. The summed E-state index contributed by atoms with van der Waals surface area (Å²) in [7, 11) is 0. The summed E-state index contributed by atoms with van der Waals surface area (Å²) < 4.78 is 10.4. The van der Waals surface area contributed by atoms with Gasteiger partial charge in [0.05, 0.1) is 17.9 Å². The van der Waals surface area contributed by atoms with Crippen LogP contribution in [0.25, 0.3) is 10.6 Å². The molecule has 10 heteroatoms. The molecule has 0 amide bonds. The Labute approximate surface area is 185 Å². The fraction of sp³-hybridized carbons (Fsp3) is 0.200. The van der Waals surface area contributed by atoms with E-state index in [0.717, 1.165) is 16.9 Å². The monoisotopic (exact) mass is 461 g/mol. The van der Waals surface area contributed by atoms with Gasteiger partial charge in [-0.15, -0.1) is 22.7 Å². The van der Waals surface area contributed by atoms with Crippen LogP contribution in [0.15, 0.2) is 24.3 Å². The zero-order chi connectivity index (χ0) is 21.8. The van der Waals surface area contributed by atoms with Crippen LogP contribution in [0, 0.1) is 18.3 Å². The highest BCUT2D eigenvalue weighted by atomic mass is 35.5. The molecule has 1 aromatic carbocycles. The third-order valence-electron chi connectivity index (χ3n) is 4.03. The van der Waals surface area contributed by atoms with E-state index in [1.54, 1.807) is 26.0 Å². The number of thiazole rings is 1. The zero-order valence-corrected chi connectivity index (χ0v) is 18.4. The summed E-state index contributed by atoms with van der Waals surface area (Å²) >= 11 is 8.04. The maximum Gasteiger partial charge on any atom is 0.350 e. The first-order chi connectivity index (χ1) is 14.3. The number of carbonyl (C=O) groups excluding carboxylic acids is 2. The molecule has 0 saturated heterocycles. The van der Waals surface area contributed by atoms with Gasteiger partial charge >= 0.3 is 11.9 Å². The number of halogens is 1. The van der Waals surface area contributed by atoms with Crippen LogP contribution in [0.3, 0.4) is 0 Å². The van der Waals surface area contributed by atoms with Crippen molar-refractivity contribution in [2.45, 2.75) is 20.5 Å². The normalized spacial score (nSPS) is 10.5. The van der Waals surface area contributed by atoms with Crippen LogP contribution in [0.1, 0.15) is 43.1 Å². The molecule has 0 radical (unpaired) electrons. The van der Waals surface area contributed by atoms with Crippen LogP contribution < -0.4 is 5.73 Å². The molecule has 0 saturated carbocycles. The van der Waals surface area contributed by atoms with E-state index in [1.165, 1.54) is 11.3 Å². The molecule has 0 bridgehead atoms. The maximum atomic E-state index is 12.7. The number of nitrogens with zero attached hydrogens (tertiary/aromatic N) is 2. The molecule has 0 aliphatic heterocycles. The number of hydrogen-bond acceptors (Lipinski definition) is 9. The van der Waals surface area contributed by atoms with Gasteiger partial charge < -0.3 is 15.2 Å². The van der Waals surface area contributed by atoms with Crippen LogP contribution in [0.2, 0.25) is 5.02 Å². The topological polar surface area (TPSA) is 115 Å². The molecule has 30 heavy (non-hydrogen) atoms. The molecule has 7 nitrogen and oxygen atoms in total. The van der Waals surface area contributed by atoms with E-state index >= 15 is 0 Å². The number of anilines is 1. The van der Waals surface area contributed by atoms with Crippen LogP contribution in [0.5, 0.6) is 0 Å². The second-order valence-electron chi connectivity index (χ2n) is 6.00. The predicted octanol–water partition coefficient (Wildman–Crippen LogP) is 4.82. The molecule has 2 N–H and O–H groups in total. The summed E-state index contributed by atoms with van der Waals surface area (Å²) in [5.74, 6) is -1.21. The van der Waals surface area contributed by atoms with Crippen molar-refractivity contribution in [2.24, 2.45) is 0 Å². The number of nitrogens with two attached hydrogens (primary N) is 1. The predicted molar refractivity (Wildman–Crippen MR) is 116 cm³/mol. The Kier molecular flexibility index (Phi) is 6.72. The number of thiophene rings is 1. The number of carbonyl (C=O) groups is 2. The van der Waals surface area contributed by atoms with Gasteiger partial charge in [0.1, 0.15) is 32.4 Å². The van der Waals surface area contributed by atoms with Gasteiger partial charge in [0, 0.05) is 16.1 Å². The molecular weight excluding hydrogens is 446 g/mol. The first-order valence-electron chi connectivity index (χ1n) is 8.74. The molecule has 2 aromatic heterocycles. The van der Waals surface area contributed by atoms with Crippen LogP contribution in [-0.2, 0) is 16.1 Å². The van der Waals surface area contributed by atoms with E-state index in [-0.39, 0.29) is 34.2 Å². The van der Waals surface area contributed by atoms with Gasteiger partial charge in [-0.05, 0) is 26.0 Å². The quantitative estimate of drug-likeness (QED) is 0.523. The standard InChI is InChI=1S/C20H16ClN3O4S2/c1-3-27-20(26)16-14(13(8-22)17(23)29-16)9-28-19(25)15-10(2)24-18(30-15)11-4-6-12(21)7-5-11/h4-7H,3,9,23H2,1-2H3. The Bertz CT molecular complexity index is 1150. The first-order valence-corrected chi connectivity index (χ1v) is 10.8. The van der Waals surface area contributed by atoms with Crippen molar-refractivity contribution in [3.05, 3.63) is 55.9 Å². The minimum absolute atomic E-state index is 0.110. The lowest BCUT2D eigenvalue weighted by Gasteiger charge is -2.06. The van der Waals surface area contributed by atoms with Crippen LogP contribution >= 0.6 is 34.3 Å². The second kappa shape index (κ2) is 9.26. The first kappa shape index (κ1) is 21.8. The lowest BCUT2D eigenvalue weighted by atomic mass is 10.1. The molecule has 154 valence electrons. The lowest BCUT2D eigenvalue weighted by molar-refractivity contribution is 0.0456. The highest BCUT2D eigenvalue weighted by Gasteiger charge is 2.25.